The van der Waals surface area contributed by atoms with E-state index >= 15 is 0 Å². The van der Waals surface area contributed by atoms with Crippen LogP contribution >= 0.6 is 0 Å². The number of aliphatic carboxylic acids is 1. The van der Waals surface area contributed by atoms with Crippen LogP contribution in [0.25, 0.3) is 0 Å². The van der Waals surface area contributed by atoms with E-state index < -0.39 is 29.9 Å². The lowest BCUT2D eigenvalue weighted by molar-refractivity contribution is -0.149. The third-order valence-electron chi connectivity index (χ3n) is 3.29. The SMILES string of the molecule is Cc1cc(C(=O)N2CCC(F)(C(=O)O)C2)ccc1F. The van der Waals surface area contributed by atoms with Crippen LogP contribution in [0.5, 0.6) is 0 Å². The highest BCUT2D eigenvalue weighted by Gasteiger charge is 2.46. The maximum atomic E-state index is 13.9. The van der Waals surface area contributed by atoms with Crippen LogP contribution in [-0.2, 0) is 4.79 Å². The molecule has 1 heterocycles. The van der Waals surface area contributed by atoms with Crippen molar-refractivity contribution in [3.8, 4) is 0 Å². The summed E-state index contributed by atoms with van der Waals surface area (Å²) in [5.41, 5.74) is -1.84. The van der Waals surface area contributed by atoms with Crippen LogP contribution in [0.2, 0.25) is 0 Å². The predicted octanol–water partition coefficient (Wildman–Crippen LogP) is 1.77. The first-order valence-electron chi connectivity index (χ1n) is 5.81. The second-order valence-electron chi connectivity index (χ2n) is 4.71. The zero-order valence-electron chi connectivity index (χ0n) is 10.3. The number of carbonyl (C=O) groups excluding carboxylic acids is 1. The van der Waals surface area contributed by atoms with Crippen molar-refractivity contribution in [3.63, 3.8) is 0 Å². The number of benzene rings is 1. The third-order valence-corrected chi connectivity index (χ3v) is 3.29. The monoisotopic (exact) mass is 269 g/mol. The van der Waals surface area contributed by atoms with E-state index in [0.717, 1.165) is 4.90 Å². The average molecular weight is 269 g/mol. The van der Waals surface area contributed by atoms with Gasteiger partial charge in [0.1, 0.15) is 5.82 Å². The standard InChI is InChI=1S/C13H13F2NO3/c1-8-6-9(2-3-10(8)14)11(17)16-5-4-13(15,7-16)12(18)19/h2-3,6H,4-5,7H2,1H3,(H,18,19). The zero-order chi connectivity index (χ0) is 14.2. The fourth-order valence-electron chi connectivity index (χ4n) is 2.08. The van der Waals surface area contributed by atoms with E-state index in [0.29, 0.717) is 5.56 Å². The highest BCUT2D eigenvalue weighted by molar-refractivity contribution is 5.95. The van der Waals surface area contributed by atoms with Crippen molar-refractivity contribution >= 4 is 11.9 Å². The second-order valence-corrected chi connectivity index (χ2v) is 4.71. The number of amides is 1. The summed E-state index contributed by atoms with van der Waals surface area (Å²) in [6.07, 6.45) is -0.228. The molecule has 0 spiro atoms. The summed E-state index contributed by atoms with van der Waals surface area (Å²) in [6, 6.07) is 3.85. The summed E-state index contributed by atoms with van der Waals surface area (Å²) in [7, 11) is 0. The highest BCUT2D eigenvalue weighted by atomic mass is 19.1. The van der Waals surface area contributed by atoms with Gasteiger partial charge in [0.05, 0.1) is 6.54 Å². The minimum absolute atomic E-state index is 0.0397. The Kier molecular flexibility index (Phi) is 3.26. The third kappa shape index (κ3) is 2.43. The quantitative estimate of drug-likeness (QED) is 0.890. The molecule has 0 aliphatic carbocycles. The molecule has 19 heavy (non-hydrogen) atoms. The van der Waals surface area contributed by atoms with E-state index in [2.05, 4.69) is 0 Å². The molecule has 1 aliphatic rings. The van der Waals surface area contributed by atoms with Gasteiger partial charge in [-0.25, -0.2) is 13.6 Å². The van der Waals surface area contributed by atoms with Gasteiger partial charge in [0.25, 0.3) is 5.91 Å². The molecular formula is C13H13F2NO3. The van der Waals surface area contributed by atoms with Crippen molar-refractivity contribution in [3.05, 3.63) is 35.1 Å². The Balaban J connectivity index is 2.18. The molecule has 1 atom stereocenters. The molecule has 6 heteroatoms. The molecule has 4 nitrogen and oxygen atoms in total. The van der Waals surface area contributed by atoms with Crippen LogP contribution in [0, 0.1) is 12.7 Å². The van der Waals surface area contributed by atoms with Gasteiger partial charge in [0, 0.05) is 18.5 Å². The van der Waals surface area contributed by atoms with E-state index in [1.54, 1.807) is 0 Å². The number of alkyl halides is 1. The Morgan fingerprint density at radius 3 is 2.63 bits per heavy atom. The van der Waals surface area contributed by atoms with Gasteiger partial charge < -0.3 is 10.0 Å². The van der Waals surface area contributed by atoms with Crippen LogP contribution in [0.4, 0.5) is 8.78 Å². The molecule has 1 aromatic rings. The molecule has 1 amide bonds. The number of nitrogens with zero attached hydrogens (tertiary/aromatic N) is 1. The molecule has 1 aromatic carbocycles. The normalized spacial score (nSPS) is 22.6. The Labute approximate surface area is 108 Å². The first-order chi connectivity index (χ1) is 8.83. The molecule has 1 N–H and O–H groups in total. The predicted molar refractivity (Wildman–Crippen MR) is 63.1 cm³/mol. The fraction of sp³-hybridized carbons (Fsp3) is 0.385. The summed E-state index contributed by atoms with van der Waals surface area (Å²) in [5, 5.41) is 8.76. The second kappa shape index (κ2) is 4.60. The molecule has 0 bridgehead atoms. The number of halogens is 2. The first-order valence-corrected chi connectivity index (χ1v) is 5.81. The van der Waals surface area contributed by atoms with Gasteiger partial charge in [-0.2, -0.15) is 0 Å². The van der Waals surface area contributed by atoms with Gasteiger partial charge in [-0.1, -0.05) is 0 Å². The van der Waals surface area contributed by atoms with Crippen molar-refractivity contribution in [2.24, 2.45) is 0 Å². The van der Waals surface area contributed by atoms with Crippen molar-refractivity contribution in [1.29, 1.82) is 0 Å². The summed E-state index contributed by atoms with van der Waals surface area (Å²) >= 11 is 0. The Morgan fingerprint density at radius 1 is 1.42 bits per heavy atom. The largest absolute Gasteiger partial charge is 0.479 e. The van der Waals surface area contributed by atoms with Gasteiger partial charge >= 0.3 is 5.97 Å². The van der Waals surface area contributed by atoms with E-state index in [9.17, 15) is 18.4 Å². The minimum Gasteiger partial charge on any atom is -0.479 e. The lowest BCUT2D eigenvalue weighted by Crippen LogP contribution is -2.38. The molecule has 2 rings (SSSR count). The summed E-state index contributed by atoms with van der Waals surface area (Å²) in [5.74, 6) is -2.47. The number of hydrogen-bond acceptors (Lipinski definition) is 2. The average Bonchev–Trinajstić information content (AvgIpc) is 2.76. The number of aryl methyl sites for hydroxylation is 1. The molecule has 1 fully saturated rings. The molecular weight excluding hydrogens is 256 g/mol. The number of carbonyl (C=O) groups is 2. The molecule has 0 aromatic heterocycles. The summed E-state index contributed by atoms with van der Waals surface area (Å²) in [6.45, 7) is 1.09. The number of likely N-dealkylation sites (tertiary alicyclic amines) is 1. The highest BCUT2D eigenvalue weighted by Crippen LogP contribution is 2.27. The Bertz CT molecular complexity index is 547. The first kappa shape index (κ1) is 13.5. The van der Waals surface area contributed by atoms with E-state index in [4.69, 9.17) is 5.11 Å². The van der Waals surface area contributed by atoms with Crippen LogP contribution in [0.3, 0.4) is 0 Å². The number of rotatable bonds is 2. The Hall–Kier alpha value is -1.98. The van der Waals surface area contributed by atoms with Gasteiger partial charge in [0.2, 0.25) is 5.67 Å². The van der Waals surface area contributed by atoms with Gasteiger partial charge in [0.15, 0.2) is 0 Å². The molecule has 0 saturated carbocycles. The van der Waals surface area contributed by atoms with Gasteiger partial charge in [-0.3, -0.25) is 4.79 Å². The molecule has 1 unspecified atom stereocenters. The van der Waals surface area contributed by atoms with Crippen LogP contribution in [0.15, 0.2) is 18.2 Å². The van der Waals surface area contributed by atoms with E-state index in [1.165, 1.54) is 25.1 Å². The van der Waals surface area contributed by atoms with Crippen molar-refractivity contribution in [1.82, 2.24) is 4.90 Å². The van der Waals surface area contributed by atoms with Crippen LogP contribution < -0.4 is 0 Å². The van der Waals surface area contributed by atoms with Gasteiger partial charge in [-0.05, 0) is 30.7 Å². The summed E-state index contributed by atoms with van der Waals surface area (Å²) < 4.78 is 27.0. The van der Waals surface area contributed by atoms with Crippen molar-refractivity contribution < 1.29 is 23.5 Å². The van der Waals surface area contributed by atoms with E-state index in [-0.39, 0.29) is 18.5 Å². The lowest BCUT2D eigenvalue weighted by atomic mass is 10.1. The van der Waals surface area contributed by atoms with Crippen LogP contribution in [-0.4, -0.2) is 40.6 Å². The number of carboxylic acids is 1. The minimum atomic E-state index is -2.38. The van der Waals surface area contributed by atoms with Crippen LogP contribution in [0.1, 0.15) is 22.3 Å². The summed E-state index contributed by atoms with van der Waals surface area (Å²) in [4.78, 5) is 24.0. The molecule has 102 valence electrons. The fourth-order valence-corrected chi connectivity index (χ4v) is 2.08. The van der Waals surface area contributed by atoms with Gasteiger partial charge in [-0.15, -0.1) is 0 Å². The van der Waals surface area contributed by atoms with E-state index in [1.807, 2.05) is 0 Å². The molecule has 1 saturated heterocycles. The topological polar surface area (TPSA) is 57.6 Å². The maximum Gasteiger partial charge on any atom is 0.343 e. The Morgan fingerprint density at radius 2 is 2.11 bits per heavy atom. The number of hydrogen-bond donors (Lipinski definition) is 1. The molecule has 1 aliphatic heterocycles. The number of carboxylic acid groups (broad SMARTS) is 1. The van der Waals surface area contributed by atoms with Crippen molar-refractivity contribution in [2.75, 3.05) is 13.1 Å². The maximum absolute atomic E-state index is 13.9. The zero-order valence-corrected chi connectivity index (χ0v) is 10.3. The van der Waals surface area contributed by atoms with Crippen molar-refractivity contribution in [2.45, 2.75) is 19.0 Å². The molecule has 0 radical (unpaired) electrons. The lowest BCUT2D eigenvalue weighted by Gasteiger charge is -2.18. The smallest absolute Gasteiger partial charge is 0.343 e.